The minimum absolute atomic E-state index is 0.0576. The van der Waals surface area contributed by atoms with E-state index >= 15 is 0 Å². The third-order valence-corrected chi connectivity index (χ3v) is 2.54. The van der Waals surface area contributed by atoms with Crippen molar-refractivity contribution in [3.63, 3.8) is 0 Å². The van der Waals surface area contributed by atoms with Crippen LogP contribution in [0.3, 0.4) is 0 Å². The van der Waals surface area contributed by atoms with Crippen LogP contribution in [-0.2, 0) is 20.9 Å². The summed E-state index contributed by atoms with van der Waals surface area (Å²) >= 11 is 0. The number of carbonyl (C=O) groups is 2. The summed E-state index contributed by atoms with van der Waals surface area (Å²) in [6.07, 6.45) is -0.931. The third kappa shape index (κ3) is 5.61. The van der Waals surface area contributed by atoms with Gasteiger partial charge in [0.05, 0.1) is 6.42 Å². The molecule has 0 amide bonds. The molecule has 0 heterocycles. The molecule has 0 fully saturated rings. The monoisotopic (exact) mass is 268 g/mol. The van der Waals surface area contributed by atoms with E-state index in [-0.39, 0.29) is 12.4 Å². The summed E-state index contributed by atoms with van der Waals surface area (Å²) in [6, 6.07) is 9.00. The Balaban J connectivity index is 2.47. The Morgan fingerprint density at radius 3 is 2.42 bits per heavy atom. The lowest BCUT2D eigenvalue weighted by Gasteiger charge is -2.22. The summed E-state index contributed by atoms with van der Waals surface area (Å²) in [5.74, 6) is -1.11. The van der Waals surface area contributed by atoms with Gasteiger partial charge in [0.2, 0.25) is 0 Å². The number of ketones is 1. The number of esters is 1. The number of ether oxygens (including phenoxy) is 1. The number of rotatable bonds is 7. The Morgan fingerprint density at radius 1 is 1.26 bits per heavy atom. The first-order chi connectivity index (χ1) is 8.95. The summed E-state index contributed by atoms with van der Waals surface area (Å²) in [5, 5.41) is 9.76. The van der Waals surface area contributed by atoms with Gasteiger partial charge in [0, 0.05) is 6.42 Å². The van der Waals surface area contributed by atoms with Gasteiger partial charge in [0.15, 0.2) is 0 Å². The Hall–Kier alpha value is -1.75. The van der Waals surface area contributed by atoms with Crippen molar-refractivity contribution in [3.05, 3.63) is 35.9 Å². The van der Waals surface area contributed by atoms with E-state index in [1.807, 2.05) is 6.07 Å². The molecule has 104 valence electrons. The quantitative estimate of drug-likeness (QED) is 0.766. The summed E-state index contributed by atoms with van der Waals surface area (Å²) < 4.78 is 17.6. The lowest BCUT2D eigenvalue weighted by Crippen LogP contribution is -2.36. The van der Waals surface area contributed by atoms with E-state index < -0.39 is 31.1 Å². The van der Waals surface area contributed by atoms with Crippen molar-refractivity contribution in [3.8, 4) is 0 Å². The van der Waals surface area contributed by atoms with Gasteiger partial charge in [0.25, 0.3) is 0 Å². The Morgan fingerprint density at radius 2 is 1.89 bits per heavy atom. The van der Waals surface area contributed by atoms with Crippen LogP contribution in [0.4, 0.5) is 4.39 Å². The first kappa shape index (κ1) is 15.3. The van der Waals surface area contributed by atoms with Crippen LogP contribution in [0.5, 0.6) is 0 Å². The fourth-order valence-corrected chi connectivity index (χ4v) is 1.68. The lowest BCUT2D eigenvalue weighted by molar-refractivity contribution is -0.152. The van der Waals surface area contributed by atoms with Gasteiger partial charge in [-0.1, -0.05) is 30.3 Å². The van der Waals surface area contributed by atoms with Gasteiger partial charge < -0.3 is 9.84 Å². The molecule has 1 N–H and O–H groups in total. The molecule has 0 radical (unpaired) electrons. The first-order valence-corrected chi connectivity index (χ1v) is 5.92. The second-order valence-electron chi connectivity index (χ2n) is 4.56. The van der Waals surface area contributed by atoms with Crippen molar-refractivity contribution in [1.29, 1.82) is 0 Å². The van der Waals surface area contributed by atoms with Gasteiger partial charge in [-0.05, 0) is 12.5 Å². The Labute approximate surface area is 111 Å². The zero-order valence-electron chi connectivity index (χ0n) is 10.8. The van der Waals surface area contributed by atoms with Crippen molar-refractivity contribution in [2.45, 2.75) is 32.0 Å². The first-order valence-electron chi connectivity index (χ1n) is 5.92. The van der Waals surface area contributed by atoms with Gasteiger partial charge in [0.1, 0.15) is 24.7 Å². The van der Waals surface area contributed by atoms with Gasteiger partial charge in [-0.3, -0.25) is 9.59 Å². The molecule has 0 aromatic heterocycles. The minimum atomic E-state index is -1.96. The third-order valence-electron chi connectivity index (χ3n) is 2.54. The highest BCUT2D eigenvalue weighted by Gasteiger charge is 2.32. The molecular weight excluding hydrogens is 251 g/mol. The highest BCUT2D eigenvalue weighted by atomic mass is 19.1. The van der Waals surface area contributed by atoms with E-state index in [0.29, 0.717) is 0 Å². The van der Waals surface area contributed by atoms with E-state index in [4.69, 9.17) is 4.74 Å². The van der Waals surface area contributed by atoms with Crippen LogP contribution in [0.15, 0.2) is 30.3 Å². The molecule has 0 aliphatic rings. The maximum Gasteiger partial charge on any atom is 0.309 e. The zero-order chi connectivity index (χ0) is 14.3. The molecule has 5 heteroatoms. The van der Waals surface area contributed by atoms with Crippen LogP contribution in [0.2, 0.25) is 0 Å². The number of aliphatic hydroxyl groups is 1. The smallest absolute Gasteiger partial charge is 0.309 e. The topological polar surface area (TPSA) is 63.6 Å². The Bertz CT molecular complexity index is 432. The molecular formula is C14H17FO4. The number of halogens is 1. The SMILES string of the molecule is CC(=O)CC(O)(CF)CC(=O)OCc1ccccc1. The molecule has 1 rings (SSSR count). The van der Waals surface area contributed by atoms with Crippen molar-refractivity contribution >= 4 is 11.8 Å². The lowest BCUT2D eigenvalue weighted by atomic mass is 9.95. The molecule has 0 bridgehead atoms. The molecule has 0 spiro atoms. The summed E-state index contributed by atoms with van der Waals surface area (Å²) in [7, 11) is 0. The van der Waals surface area contributed by atoms with Gasteiger partial charge >= 0.3 is 5.97 Å². The maximum absolute atomic E-state index is 12.7. The van der Waals surface area contributed by atoms with Crippen LogP contribution in [-0.4, -0.2) is 29.1 Å². The fourth-order valence-electron chi connectivity index (χ4n) is 1.68. The molecule has 0 saturated carbocycles. The average Bonchev–Trinajstić information content (AvgIpc) is 2.36. The highest BCUT2D eigenvalue weighted by molar-refractivity contribution is 5.78. The molecule has 1 unspecified atom stereocenters. The van der Waals surface area contributed by atoms with Gasteiger partial charge in [-0.2, -0.15) is 0 Å². The molecule has 4 nitrogen and oxygen atoms in total. The van der Waals surface area contributed by atoms with Gasteiger partial charge in [-0.15, -0.1) is 0 Å². The number of benzene rings is 1. The maximum atomic E-state index is 12.7. The second kappa shape index (κ2) is 6.99. The van der Waals surface area contributed by atoms with Crippen molar-refractivity contribution in [1.82, 2.24) is 0 Å². The predicted octanol–water partition coefficient (Wildman–Crippen LogP) is 1.80. The van der Waals surface area contributed by atoms with E-state index in [9.17, 15) is 19.1 Å². The zero-order valence-corrected chi connectivity index (χ0v) is 10.8. The molecule has 1 atom stereocenters. The molecule has 0 aliphatic heterocycles. The van der Waals surface area contributed by atoms with Gasteiger partial charge in [-0.25, -0.2) is 4.39 Å². The molecule has 0 saturated heterocycles. The summed E-state index contributed by atoms with van der Waals surface area (Å²) in [6.45, 7) is 0.130. The normalized spacial score (nSPS) is 13.6. The van der Waals surface area contributed by atoms with E-state index in [1.165, 1.54) is 6.92 Å². The predicted molar refractivity (Wildman–Crippen MR) is 67.1 cm³/mol. The summed E-state index contributed by atoms with van der Waals surface area (Å²) in [4.78, 5) is 22.4. The largest absolute Gasteiger partial charge is 0.461 e. The molecule has 1 aromatic rings. The number of hydrogen-bond donors (Lipinski definition) is 1. The van der Waals surface area contributed by atoms with E-state index in [2.05, 4.69) is 0 Å². The molecule has 1 aromatic carbocycles. The number of alkyl halides is 1. The number of Topliss-reactive ketones (excluding diaryl/α,β-unsaturated/α-hetero) is 1. The van der Waals surface area contributed by atoms with Crippen molar-refractivity contribution in [2.24, 2.45) is 0 Å². The number of carbonyl (C=O) groups excluding carboxylic acids is 2. The van der Waals surface area contributed by atoms with Crippen LogP contribution < -0.4 is 0 Å². The Kier molecular flexibility index (Phi) is 5.63. The number of hydrogen-bond acceptors (Lipinski definition) is 4. The second-order valence-corrected chi connectivity index (χ2v) is 4.56. The van der Waals surface area contributed by atoms with E-state index in [0.717, 1.165) is 5.56 Å². The summed E-state index contributed by atoms with van der Waals surface area (Å²) in [5.41, 5.74) is -1.16. The van der Waals surface area contributed by atoms with Crippen molar-refractivity contribution < 1.29 is 23.8 Å². The molecule has 0 aliphatic carbocycles. The average molecular weight is 268 g/mol. The van der Waals surface area contributed by atoms with Crippen molar-refractivity contribution in [2.75, 3.05) is 6.67 Å². The van der Waals surface area contributed by atoms with Crippen LogP contribution in [0.1, 0.15) is 25.3 Å². The molecule has 19 heavy (non-hydrogen) atoms. The van der Waals surface area contributed by atoms with Crippen LogP contribution in [0.25, 0.3) is 0 Å². The van der Waals surface area contributed by atoms with E-state index in [1.54, 1.807) is 24.3 Å². The standard InChI is InChI=1S/C14H17FO4/c1-11(16)7-14(18,10-15)8-13(17)19-9-12-5-3-2-4-6-12/h2-6,18H,7-10H2,1H3. The van der Waals surface area contributed by atoms with Crippen LogP contribution >= 0.6 is 0 Å². The fraction of sp³-hybridized carbons (Fsp3) is 0.429. The van der Waals surface area contributed by atoms with Crippen LogP contribution in [0, 0.1) is 0 Å². The highest BCUT2D eigenvalue weighted by Crippen LogP contribution is 2.18. The minimum Gasteiger partial charge on any atom is -0.461 e.